The van der Waals surface area contributed by atoms with Gasteiger partial charge >= 0.3 is 6.09 Å². The Balaban J connectivity index is 1.44. The number of amides is 3. The minimum Gasteiger partial charge on any atom is -0.349 e. The summed E-state index contributed by atoms with van der Waals surface area (Å²) in [5, 5.41) is 10.3. The molecule has 1 saturated carbocycles. The van der Waals surface area contributed by atoms with Crippen LogP contribution in [-0.4, -0.2) is 56.7 Å². The van der Waals surface area contributed by atoms with E-state index in [0.29, 0.717) is 19.0 Å². The van der Waals surface area contributed by atoms with Crippen LogP contribution in [0.1, 0.15) is 47.0 Å². The molecule has 2 aliphatic rings. The molecule has 1 aromatic carbocycles. The summed E-state index contributed by atoms with van der Waals surface area (Å²) in [6.07, 6.45) is 3.74. The summed E-state index contributed by atoms with van der Waals surface area (Å²) in [5.74, 6) is -0.826. The first-order chi connectivity index (χ1) is 18.7. The number of nitrogens with one attached hydrogen (secondary N) is 2. The largest absolute Gasteiger partial charge is 0.452 e. The van der Waals surface area contributed by atoms with E-state index >= 15 is 0 Å². The van der Waals surface area contributed by atoms with Crippen molar-refractivity contribution in [2.24, 2.45) is 5.92 Å². The number of pyridine rings is 1. The molecule has 3 amide bonds. The van der Waals surface area contributed by atoms with E-state index in [1.165, 1.54) is 29.3 Å². The highest BCUT2D eigenvalue weighted by Crippen LogP contribution is 2.34. The van der Waals surface area contributed by atoms with Gasteiger partial charge in [-0.3, -0.25) is 14.5 Å². The minimum absolute atomic E-state index is 0.0507. The second-order valence-electron chi connectivity index (χ2n) is 9.23. The molecular formula is C25H23Cl3N6O5. The summed E-state index contributed by atoms with van der Waals surface area (Å²) >= 11 is 18.9. The highest BCUT2D eigenvalue weighted by molar-refractivity contribution is 6.38. The molecule has 0 bridgehead atoms. The van der Waals surface area contributed by atoms with Gasteiger partial charge in [-0.05, 0) is 56.4 Å². The van der Waals surface area contributed by atoms with E-state index in [2.05, 4.69) is 20.7 Å². The van der Waals surface area contributed by atoms with Crippen LogP contribution in [0, 0.1) is 5.92 Å². The first kappa shape index (κ1) is 27.0. The maximum absolute atomic E-state index is 13.5. The Morgan fingerprint density at radius 2 is 1.85 bits per heavy atom. The molecule has 11 nitrogen and oxygen atoms in total. The summed E-state index contributed by atoms with van der Waals surface area (Å²) in [7, 11) is 0. The van der Waals surface area contributed by atoms with Gasteiger partial charge in [0.15, 0.2) is 5.82 Å². The molecule has 0 spiro atoms. The lowest BCUT2D eigenvalue weighted by Crippen LogP contribution is -2.42. The van der Waals surface area contributed by atoms with Crippen LogP contribution in [-0.2, 0) is 4.89 Å². The van der Waals surface area contributed by atoms with E-state index in [9.17, 15) is 14.4 Å². The fourth-order valence-corrected chi connectivity index (χ4v) is 4.68. The molecule has 204 valence electrons. The van der Waals surface area contributed by atoms with Crippen LogP contribution >= 0.6 is 34.8 Å². The number of hydrogen-bond donors (Lipinski definition) is 2. The molecule has 2 fully saturated rings. The molecule has 1 aliphatic heterocycles. The van der Waals surface area contributed by atoms with Crippen molar-refractivity contribution in [3.8, 4) is 11.7 Å². The molecule has 14 heteroatoms. The van der Waals surface area contributed by atoms with Crippen LogP contribution in [0.2, 0.25) is 15.1 Å². The highest BCUT2D eigenvalue weighted by atomic mass is 35.5. The van der Waals surface area contributed by atoms with Gasteiger partial charge in [0.1, 0.15) is 5.69 Å². The second kappa shape index (κ2) is 11.3. The Labute approximate surface area is 238 Å². The average molecular weight is 594 g/mol. The van der Waals surface area contributed by atoms with Gasteiger partial charge < -0.3 is 15.5 Å². The zero-order chi connectivity index (χ0) is 27.7. The molecule has 3 aromatic rings. The molecule has 1 atom stereocenters. The van der Waals surface area contributed by atoms with Gasteiger partial charge in [0.25, 0.3) is 17.7 Å². The third-order valence-corrected chi connectivity index (χ3v) is 7.21. The van der Waals surface area contributed by atoms with E-state index in [1.54, 1.807) is 12.1 Å². The molecule has 0 radical (unpaired) electrons. The Bertz CT molecular complexity index is 1440. The van der Waals surface area contributed by atoms with Gasteiger partial charge in [0.05, 0.1) is 21.3 Å². The molecule has 1 saturated heterocycles. The minimum atomic E-state index is -0.721. The maximum Gasteiger partial charge on any atom is 0.452 e. The van der Waals surface area contributed by atoms with E-state index in [0.717, 1.165) is 23.9 Å². The zero-order valence-corrected chi connectivity index (χ0v) is 22.9. The van der Waals surface area contributed by atoms with Crippen molar-refractivity contribution in [2.75, 3.05) is 18.4 Å². The lowest BCUT2D eigenvalue weighted by molar-refractivity contribution is -0.161. The fraction of sp³-hybridized carbons (Fsp3) is 0.320. The van der Waals surface area contributed by atoms with Gasteiger partial charge in [0, 0.05) is 36.4 Å². The van der Waals surface area contributed by atoms with Gasteiger partial charge in [-0.15, -0.1) is 5.10 Å². The number of carbonyl (C=O) groups is 3. The van der Waals surface area contributed by atoms with Crippen molar-refractivity contribution >= 4 is 58.4 Å². The number of anilines is 1. The van der Waals surface area contributed by atoms with Gasteiger partial charge in [-0.25, -0.2) is 19.3 Å². The number of rotatable bonds is 8. The van der Waals surface area contributed by atoms with E-state index < -0.39 is 17.9 Å². The summed E-state index contributed by atoms with van der Waals surface area (Å²) in [6.45, 7) is 3.04. The molecule has 2 aromatic heterocycles. The van der Waals surface area contributed by atoms with Gasteiger partial charge in [-0.2, -0.15) is 0 Å². The van der Waals surface area contributed by atoms with Crippen molar-refractivity contribution in [1.82, 2.24) is 25.0 Å². The smallest absolute Gasteiger partial charge is 0.349 e. The van der Waals surface area contributed by atoms with Crippen LogP contribution < -0.4 is 15.5 Å². The maximum atomic E-state index is 13.5. The monoisotopic (exact) mass is 592 g/mol. The lowest BCUT2D eigenvalue weighted by Gasteiger charge is -2.28. The Kier molecular flexibility index (Phi) is 7.83. The summed E-state index contributed by atoms with van der Waals surface area (Å²) in [4.78, 5) is 54.3. The zero-order valence-electron chi connectivity index (χ0n) is 20.6. The van der Waals surface area contributed by atoms with Gasteiger partial charge in [0.2, 0.25) is 0 Å². The average Bonchev–Trinajstić information content (AvgIpc) is 3.63. The SMILES string of the molecule is CC(NC(=O)c1cc(Cl)cc(Cl)c1NC(=O)c1cc(OOC(=O)N2CCC2)nn1-c1ncccc1Cl)C1CC1. The Morgan fingerprint density at radius 3 is 2.51 bits per heavy atom. The molecule has 1 unspecified atom stereocenters. The van der Waals surface area contributed by atoms with E-state index in [4.69, 9.17) is 44.6 Å². The van der Waals surface area contributed by atoms with Crippen LogP contribution in [0.25, 0.3) is 5.82 Å². The number of nitrogens with zero attached hydrogens (tertiary/aromatic N) is 4. The lowest BCUT2D eigenvalue weighted by atomic mass is 10.1. The van der Waals surface area contributed by atoms with Crippen LogP contribution in [0.4, 0.5) is 10.5 Å². The quantitative estimate of drug-likeness (QED) is 0.273. The standard InChI is InChI=1S/C25H23Cl3N6O5/c1-13(14-5-6-14)30-23(35)16-10-15(26)11-18(28)21(16)31-24(36)19-12-20(38-39-25(37)33-8-3-9-33)32-34(19)22-17(27)4-2-7-29-22/h2,4,7,10-14H,3,5-6,8-9H2,1H3,(H,30,35)(H,31,36). The summed E-state index contributed by atoms with van der Waals surface area (Å²) in [5.41, 5.74) is 0.0580. The number of likely N-dealkylation sites (tertiary alicyclic amines) is 1. The molecule has 3 heterocycles. The Hall–Kier alpha value is -3.54. The van der Waals surface area contributed by atoms with Crippen molar-refractivity contribution in [3.05, 3.63) is 62.9 Å². The molecular weight excluding hydrogens is 571 g/mol. The number of hydrogen-bond acceptors (Lipinski definition) is 7. The third kappa shape index (κ3) is 6.05. The van der Waals surface area contributed by atoms with Crippen LogP contribution in [0.15, 0.2) is 36.5 Å². The van der Waals surface area contributed by atoms with E-state index in [-0.39, 0.29) is 49.8 Å². The number of benzene rings is 1. The first-order valence-electron chi connectivity index (χ1n) is 12.2. The first-order valence-corrected chi connectivity index (χ1v) is 13.3. The summed E-state index contributed by atoms with van der Waals surface area (Å²) in [6, 6.07) is 7.21. The second-order valence-corrected chi connectivity index (χ2v) is 10.5. The van der Waals surface area contributed by atoms with Crippen LogP contribution in [0.5, 0.6) is 5.88 Å². The topological polar surface area (TPSA) is 128 Å². The number of carbonyl (C=O) groups excluding carboxylic acids is 3. The normalized spacial score (nSPS) is 15.2. The van der Waals surface area contributed by atoms with E-state index in [1.807, 2.05) is 6.92 Å². The molecule has 39 heavy (non-hydrogen) atoms. The number of aromatic nitrogens is 3. The molecule has 1 aliphatic carbocycles. The van der Waals surface area contributed by atoms with Gasteiger partial charge in [-0.1, -0.05) is 34.8 Å². The summed E-state index contributed by atoms with van der Waals surface area (Å²) < 4.78 is 1.13. The predicted octanol–water partition coefficient (Wildman–Crippen LogP) is 5.14. The third-order valence-electron chi connectivity index (χ3n) is 6.40. The Morgan fingerprint density at radius 1 is 1.08 bits per heavy atom. The molecule has 5 rings (SSSR count). The fourth-order valence-electron chi connectivity index (χ4n) is 3.94. The van der Waals surface area contributed by atoms with Crippen LogP contribution in [0.3, 0.4) is 0 Å². The molecule has 2 N–H and O–H groups in total. The van der Waals surface area contributed by atoms with Crippen molar-refractivity contribution in [2.45, 2.75) is 32.2 Å². The highest BCUT2D eigenvalue weighted by Gasteiger charge is 2.31. The van der Waals surface area contributed by atoms with Crippen molar-refractivity contribution in [1.29, 1.82) is 0 Å². The van der Waals surface area contributed by atoms with Crippen molar-refractivity contribution in [3.63, 3.8) is 0 Å². The van der Waals surface area contributed by atoms with Crippen molar-refractivity contribution < 1.29 is 24.2 Å². The number of halogens is 3. The predicted molar refractivity (Wildman–Crippen MR) is 144 cm³/mol.